The molecule has 6 nitrogen and oxygen atoms in total. The van der Waals surface area contributed by atoms with Crippen molar-refractivity contribution in [1.29, 1.82) is 0 Å². The lowest BCUT2D eigenvalue weighted by Gasteiger charge is -2.06. The Kier molecular flexibility index (Phi) is 8.89. The zero-order valence-electron chi connectivity index (χ0n) is 14.1. The normalized spacial score (nSPS) is 10.1. The van der Waals surface area contributed by atoms with Crippen molar-refractivity contribution in [3.63, 3.8) is 0 Å². The van der Waals surface area contributed by atoms with Crippen molar-refractivity contribution < 1.29 is 9.53 Å². The van der Waals surface area contributed by atoms with Gasteiger partial charge in [0.1, 0.15) is 0 Å². The molecule has 0 aliphatic carbocycles. The van der Waals surface area contributed by atoms with E-state index in [0.29, 0.717) is 24.6 Å². The number of nitrogens with zero attached hydrogens (tertiary/aromatic N) is 2. The monoisotopic (exact) mass is 352 g/mol. The maximum atomic E-state index is 12.3. The van der Waals surface area contributed by atoms with Gasteiger partial charge < -0.3 is 15.4 Å². The first-order chi connectivity index (χ1) is 11.3. The van der Waals surface area contributed by atoms with Crippen LogP contribution >= 0.6 is 12.4 Å². The van der Waals surface area contributed by atoms with Gasteiger partial charge in [0.15, 0.2) is 11.4 Å². The molecule has 0 fully saturated rings. The number of aromatic nitrogens is 2. The Balaban J connectivity index is 0.00000288. The number of carbonyl (C=O) groups is 1. The summed E-state index contributed by atoms with van der Waals surface area (Å²) in [6.07, 6.45) is 2.81. The van der Waals surface area contributed by atoms with Gasteiger partial charge in [-0.15, -0.1) is 12.4 Å². The third-order valence-electron chi connectivity index (χ3n) is 3.23. The van der Waals surface area contributed by atoms with Crippen LogP contribution in [0, 0.1) is 0 Å². The first kappa shape index (κ1) is 20.0. The Hall–Kier alpha value is -2.05. The number of para-hydroxylation sites is 1. The minimum absolute atomic E-state index is 0. The second kappa shape index (κ2) is 10.7. The zero-order valence-corrected chi connectivity index (χ0v) is 14.9. The van der Waals surface area contributed by atoms with Crippen LogP contribution in [0.5, 0.6) is 5.75 Å². The Morgan fingerprint density at radius 3 is 2.58 bits per heavy atom. The molecule has 0 aliphatic rings. The molecule has 0 aliphatic heterocycles. The predicted octanol–water partition coefficient (Wildman–Crippen LogP) is 2.42. The quantitative estimate of drug-likeness (QED) is 0.680. The Morgan fingerprint density at radius 1 is 1.17 bits per heavy atom. The number of halogens is 1. The molecule has 0 atom stereocenters. The molecule has 1 aromatic carbocycles. The number of nitrogens with one attached hydrogen (secondary N) is 2. The fourth-order valence-electron chi connectivity index (χ4n) is 2.14. The number of hydrogen-bond acceptors (Lipinski definition) is 4. The second-order valence-corrected chi connectivity index (χ2v) is 5.06. The van der Waals surface area contributed by atoms with E-state index in [1.54, 1.807) is 10.9 Å². The molecule has 0 radical (unpaired) electrons. The highest BCUT2D eigenvalue weighted by molar-refractivity contribution is 5.94. The molecular formula is C17H25ClN4O2. The summed E-state index contributed by atoms with van der Waals surface area (Å²) in [6.45, 7) is 6.72. The first-order valence-electron chi connectivity index (χ1n) is 8.03. The molecule has 1 aromatic heterocycles. The van der Waals surface area contributed by atoms with Crippen molar-refractivity contribution in [3.05, 3.63) is 42.2 Å². The maximum absolute atomic E-state index is 12.3. The van der Waals surface area contributed by atoms with Crippen LogP contribution in [0.4, 0.5) is 0 Å². The number of rotatable bonds is 9. The Morgan fingerprint density at radius 2 is 1.92 bits per heavy atom. The van der Waals surface area contributed by atoms with E-state index >= 15 is 0 Å². The van der Waals surface area contributed by atoms with Gasteiger partial charge in [-0.1, -0.05) is 25.1 Å². The summed E-state index contributed by atoms with van der Waals surface area (Å²) in [5.41, 5.74) is 1.20. The third-order valence-corrected chi connectivity index (χ3v) is 3.23. The summed E-state index contributed by atoms with van der Waals surface area (Å²) in [5, 5.41) is 10.5. The molecule has 2 aromatic rings. The lowest BCUT2D eigenvalue weighted by Crippen LogP contribution is -2.32. The topological polar surface area (TPSA) is 68.2 Å². The van der Waals surface area contributed by atoms with Crippen LogP contribution in [0.2, 0.25) is 0 Å². The van der Waals surface area contributed by atoms with Gasteiger partial charge in [0.2, 0.25) is 0 Å². The molecule has 2 rings (SSSR count). The van der Waals surface area contributed by atoms with Crippen LogP contribution in [0.3, 0.4) is 0 Å². The lowest BCUT2D eigenvalue weighted by atomic mass is 10.3. The van der Waals surface area contributed by atoms with Crippen molar-refractivity contribution in [2.75, 3.05) is 26.2 Å². The zero-order chi connectivity index (χ0) is 16.5. The van der Waals surface area contributed by atoms with E-state index in [9.17, 15) is 4.79 Å². The fraction of sp³-hybridized carbons (Fsp3) is 0.412. The van der Waals surface area contributed by atoms with E-state index in [1.807, 2.05) is 37.3 Å². The van der Waals surface area contributed by atoms with Crippen LogP contribution in [-0.4, -0.2) is 41.9 Å². The Labute approximate surface area is 149 Å². The SMILES string of the molecule is CCCNCCNC(=O)c1nn(-c2ccccc2)cc1OCC.Cl. The van der Waals surface area contributed by atoms with Crippen molar-refractivity contribution in [2.24, 2.45) is 0 Å². The van der Waals surface area contributed by atoms with Crippen LogP contribution in [0.1, 0.15) is 30.8 Å². The smallest absolute Gasteiger partial charge is 0.275 e. The van der Waals surface area contributed by atoms with Gasteiger partial charge in [0, 0.05) is 13.1 Å². The molecule has 0 saturated carbocycles. The van der Waals surface area contributed by atoms with Crippen LogP contribution in [0.25, 0.3) is 5.69 Å². The van der Waals surface area contributed by atoms with Crippen LogP contribution in [-0.2, 0) is 0 Å². The first-order valence-corrected chi connectivity index (χ1v) is 8.03. The molecule has 0 unspecified atom stereocenters. The summed E-state index contributed by atoms with van der Waals surface area (Å²) in [5.74, 6) is 0.275. The number of hydrogen-bond donors (Lipinski definition) is 2. The van der Waals surface area contributed by atoms with Gasteiger partial charge in [-0.3, -0.25) is 4.79 Å². The summed E-state index contributed by atoms with van der Waals surface area (Å²) in [6, 6.07) is 9.65. The van der Waals surface area contributed by atoms with Crippen molar-refractivity contribution in [3.8, 4) is 11.4 Å². The fourth-order valence-corrected chi connectivity index (χ4v) is 2.14. The highest BCUT2D eigenvalue weighted by atomic mass is 35.5. The molecular weight excluding hydrogens is 328 g/mol. The second-order valence-electron chi connectivity index (χ2n) is 5.06. The van der Waals surface area contributed by atoms with Gasteiger partial charge >= 0.3 is 0 Å². The molecule has 0 bridgehead atoms. The van der Waals surface area contributed by atoms with E-state index in [2.05, 4.69) is 22.7 Å². The summed E-state index contributed by atoms with van der Waals surface area (Å²) >= 11 is 0. The Bertz CT molecular complexity index is 616. The lowest BCUT2D eigenvalue weighted by molar-refractivity contribution is 0.0945. The van der Waals surface area contributed by atoms with Gasteiger partial charge in [-0.25, -0.2) is 4.68 Å². The number of benzene rings is 1. The number of amides is 1. The van der Waals surface area contributed by atoms with Gasteiger partial charge in [0.25, 0.3) is 5.91 Å². The van der Waals surface area contributed by atoms with Crippen LogP contribution < -0.4 is 15.4 Å². The van der Waals surface area contributed by atoms with E-state index in [1.165, 1.54) is 0 Å². The van der Waals surface area contributed by atoms with E-state index in [4.69, 9.17) is 4.74 Å². The van der Waals surface area contributed by atoms with Crippen molar-refractivity contribution in [1.82, 2.24) is 20.4 Å². The largest absolute Gasteiger partial charge is 0.490 e. The van der Waals surface area contributed by atoms with Crippen molar-refractivity contribution in [2.45, 2.75) is 20.3 Å². The third kappa shape index (κ3) is 5.54. The molecule has 1 heterocycles. The summed E-state index contributed by atoms with van der Waals surface area (Å²) in [4.78, 5) is 12.3. The molecule has 0 spiro atoms. The van der Waals surface area contributed by atoms with Crippen LogP contribution in [0.15, 0.2) is 36.5 Å². The molecule has 0 saturated heterocycles. The minimum atomic E-state index is -0.221. The molecule has 132 valence electrons. The van der Waals surface area contributed by atoms with Crippen molar-refractivity contribution >= 4 is 18.3 Å². The summed E-state index contributed by atoms with van der Waals surface area (Å²) in [7, 11) is 0. The standard InChI is InChI=1S/C17H24N4O2.ClH/c1-3-10-18-11-12-19-17(22)16-15(23-4-2)13-21(20-16)14-8-6-5-7-9-14;/h5-9,13,18H,3-4,10-12H2,1-2H3,(H,19,22);1H. The van der Waals surface area contributed by atoms with E-state index in [0.717, 1.165) is 25.2 Å². The van der Waals surface area contributed by atoms with E-state index in [-0.39, 0.29) is 18.3 Å². The van der Waals surface area contributed by atoms with Gasteiger partial charge in [0.05, 0.1) is 18.5 Å². The predicted molar refractivity (Wildman–Crippen MR) is 97.5 cm³/mol. The summed E-state index contributed by atoms with van der Waals surface area (Å²) < 4.78 is 7.21. The maximum Gasteiger partial charge on any atom is 0.275 e. The highest BCUT2D eigenvalue weighted by Crippen LogP contribution is 2.19. The minimum Gasteiger partial charge on any atom is -0.490 e. The van der Waals surface area contributed by atoms with Gasteiger partial charge in [-0.2, -0.15) is 5.10 Å². The van der Waals surface area contributed by atoms with E-state index < -0.39 is 0 Å². The molecule has 1 amide bonds. The molecule has 7 heteroatoms. The number of ether oxygens (including phenoxy) is 1. The van der Waals surface area contributed by atoms with Gasteiger partial charge in [-0.05, 0) is 32.0 Å². The average Bonchev–Trinajstić information content (AvgIpc) is 3.00. The molecule has 2 N–H and O–H groups in total. The highest BCUT2D eigenvalue weighted by Gasteiger charge is 2.18. The number of carbonyl (C=O) groups excluding carboxylic acids is 1. The average molecular weight is 353 g/mol. The molecule has 24 heavy (non-hydrogen) atoms.